The summed E-state index contributed by atoms with van der Waals surface area (Å²) < 4.78 is 20.0. The van der Waals surface area contributed by atoms with Gasteiger partial charge in [-0.2, -0.15) is 0 Å². The second-order valence-corrected chi connectivity index (χ2v) is 6.16. The average molecular weight is 368 g/mol. The van der Waals surface area contributed by atoms with Gasteiger partial charge in [0.05, 0.1) is 4.47 Å². The van der Waals surface area contributed by atoms with Gasteiger partial charge in [0.15, 0.2) is 11.6 Å². The van der Waals surface area contributed by atoms with Gasteiger partial charge in [0.25, 0.3) is 0 Å². The molecule has 0 aliphatic heterocycles. The third-order valence-corrected chi connectivity index (χ3v) is 4.08. The maximum Gasteiger partial charge on any atom is 0.180 e. The Morgan fingerprint density at radius 3 is 2.33 bits per heavy atom. The van der Waals surface area contributed by atoms with Gasteiger partial charge < -0.3 is 10.5 Å². The molecular formula is C16H15BrFNOS. The molecule has 5 heteroatoms. The third kappa shape index (κ3) is 3.60. The van der Waals surface area contributed by atoms with Crippen molar-refractivity contribution in [1.29, 1.82) is 0 Å². The molecule has 0 heterocycles. The minimum absolute atomic E-state index is 0.124. The fraction of sp³-hybridized carbons (Fsp3) is 0.188. The topological polar surface area (TPSA) is 35.2 Å². The Balaban J connectivity index is 2.27. The molecule has 0 aromatic heterocycles. The van der Waals surface area contributed by atoms with E-state index in [0.29, 0.717) is 17.2 Å². The van der Waals surface area contributed by atoms with Crippen molar-refractivity contribution in [2.45, 2.75) is 19.8 Å². The summed E-state index contributed by atoms with van der Waals surface area (Å²) in [5, 5.41) is 0. The van der Waals surface area contributed by atoms with Crippen molar-refractivity contribution < 1.29 is 9.13 Å². The predicted octanol–water partition coefficient (Wildman–Crippen LogP) is 5.14. The lowest BCUT2D eigenvalue weighted by Crippen LogP contribution is -2.11. The number of hydrogen-bond donors (Lipinski definition) is 1. The van der Waals surface area contributed by atoms with Crippen molar-refractivity contribution in [3.05, 3.63) is 57.8 Å². The normalized spacial score (nSPS) is 10.7. The molecule has 2 rings (SSSR count). The van der Waals surface area contributed by atoms with Crippen LogP contribution in [0.5, 0.6) is 11.5 Å². The minimum Gasteiger partial charge on any atom is -0.454 e. The second kappa shape index (κ2) is 6.54. The van der Waals surface area contributed by atoms with Crippen LogP contribution < -0.4 is 10.5 Å². The molecule has 0 amide bonds. The van der Waals surface area contributed by atoms with Gasteiger partial charge in [-0.3, -0.25) is 0 Å². The Kier molecular flexibility index (Phi) is 4.96. The van der Waals surface area contributed by atoms with Crippen molar-refractivity contribution >= 4 is 33.1 Å². The van der Waals surface area contributed by atoms with E-state index >= 15 is 0 Å². The number of rotatable bonds is 4. The van der Waals surface area contributed by atoms with Crippen LogP contribution in [-0.2, 0) is 0 Å². The maximum atomic E-state index is 14.2. The van der Waals surface area contributed by atoms with Gasteiger partial charge in [0.2, 0.25) is 0 Å². The SMILES string of the molecule is CC(C)c1ccc(Oc2ccc(C(N)=S)c(Br)c2F)cc1. The summed E-state index contributed by atoms with van der Waals surface area (Å²) in [4.78, 5) is 0.133. The fourth-order valence-corrected chi connectivity index (χ4v) is 2.69. The standard InChI is InChI=1S/C16H15BrFNOS/c1-9(2)10-3-5-11(6-4-10)20-13-8-7-12(16(19)21)14(17)15(13)18/h3-9H,1-2H3,(H2,19,21). The molecule has 2 nitrogen and oxygen atoms in total. The Morgan fingerprint density at radius 2 is 1.81 bits per heavy atom. The quantitative estimate of drug-likeness (QED) is 0.759. The van der Waals surface area contributed by atoms with E-state index in [9.17, 15) is 4.39 Å². The van der Waals surface area contributed by atoms with Crippen molar-refractivity contribution in [2.75, 3.05) is 0 Å². The monoisotopic (exact) mass is 367 g/mol. The van der Waals surface area contributed by atoms with Gasteiger partial charge in [-0.25, -0.2) is 4.39 Å². The maximum absolute atomic E-state index is 14.2. The molecule has 0 aliphatic rings. The van der Waals surface area contributed by atoms with Crippen LogP contribution in [0.25, 0.3) is 0 Å². The summed E-state index contributed by atoms with van der Waals surface area (Å²) in [6.45, 7) is 4.22. The summed E-state index contributed by atoms with van der Waals surface area (Å²) in [7, 11) is 0. The molecule has 110 valence electrons. The van der Waals surface area contributed by atoms with Crippen LogP contribution in [0.1, 0.15) is 30.9 Å². The summed E-state index contributed by atoms with van der Waals surface area (Å²) in [5.74, 6) is 0.621. The molecule has 21 heavy (non-hydrogen) atoms. The summed E-state index contributed by atoms with van der Waals surface area (Å²) in [5.41, 5.74) is 7.18. The number of hydrogen-bond acceptors (Lipinski definition) is 2. The lowest BCUT2D eigenvalue weighted by molar-refractivity contribution is 0.440. The van der Waals surface area contributed by atoms with Crippen molar-refractivity contribution in [3.8, 4) is 11.5 Å². The minimum atomic E-state index is -0.520. The van der Waals surface area contributed by atoms with E-state index in [4.69, 9.17) is 22.7 Å². The zero-order chi connectivity index (χ0) is 15.6. The predicted molar refractivity (Wildman–Crippen MR) is 90.6 cm³/mol. The second-order valence-electron chi connectivity index (χ2n) is 4.93. The number of halogens is 2. The first-order valence-corrected chi connectivity index (χ1v) is 7.66. The van der Waals surface area contributed by atoms with E-state index in [2.05, 4.69) is 29.8 Å². The molecule has 0 aliphatic carbocycles. The van der Waals surface area contributed by atoms with E-state index in [1.165, 1.54) is 11.6 Å². The van der Waals surface area contributed by atoms with E-state index in [-0.39, 0.29) is 15.2 Å². The van der Waals surface area contributed by atoms with Gasteiger partial charge in [-0.15, -0.1) is 0 Å². The number of nitrogens with two attached hydrogens (primary N) is 1. The Labute approximate surface area is 137 Å². The summed E-state index contributed by atoms with van der Waals surface area (Å²) in [6, 6.07) is 10.7. The molecule has 0 saturated carbocycles. The van der Waals surface area contributed by atoms with Crippen LogP contribution in [0.4, 0.5) is 4.39 Å². The van der Waals surface area contributed by atoms with E-state index < -0.39 is 5.82 Å². The molecule has 2 N–H and O–H groups in total. The summed E-state index contributed by atoms with van der Waals surface area (Å²) >= 11 is 8.01. The van der Waals surface area contributed by atoms with Crippen molar-refractivity contribution in [3.63, 3.8) is 0 Å². The van der Waals surface area contributed by atoms with Crippen LogP contribution in [-0.4, -0.2) is 4.99 Å². The first-order valence-electron chi connectivity index (χ1n) is 6.45. The van der Waals surface area contributed by atoms with Crippen LogP contribution in [0.3, 0.4) is 0 Å². The van der Waals surface area contributed by atoms with Crippen LogP contribution in [0.15, 0.2) is 40.9 Å². The highest BCUT2D eigenvalue weighted by Gasteiger charge is 2.14. The number of benzene rings is 2. The third-order valence-electron chi connectivity index (χ3n) is 3.09. The Bertz CT molecular complexity index is 671. The largest absolute Gasteiger partial charge is 0.454 e. The molecule has 0 radical (unpaired) electrons. The zero-order valence-corrected chi connectivity index (χ0v) is 14.1. The average Bonchev–Trinajstić information content (AvgIpc) is 2.44. The van der Waals surface area contributed by atoms with Gasteiger partial charge in [0.1, 0.15) is 10.7 Å². The molecule has 0 atom stereocenters. The number of ether oxygens (including phenoxy) is 1. The van der Waals surface area contributed by atoms with Gasteiger partial charge in [-0.1, -0.05) is 38.2 Å². The van der Waals surface area contributed by atoms with Crippen LogP contribution in [0.2, 0.25) is 0 Å². The summed E-state index contributed by atoms with van der Waals surface area (Å²) in [6.07, 6.45) is 0. The molecule has 0 unspecified atom stereocenters. The van der Waals surface area contributed by atoms with Gasteiger partial charge in [0, 0.05) is 5.56 Å². The molecular weight excluding hydrogens is 353 g/mol. The molecule has 2 aromatic carbocycles. The molecule has 2 aromatic rings. The lowest BCUT2D eigenvalue weighted by Gasteiger charge is -2.11. The van der Waals surface area contributed by atoms with Crippen molar-refractivity contribution in [1.82, 2.24) is 0 Å². The first kappa shape index (κ1) is 15.9. The Morgan fingerprint density at radius 1 is 1.19 bits per heavy atom. The van der Waals surface area contributed by atoms with E-state index in [1.54, 1.807) is 6.07 Å². The zero-order valence-electron chi connectivity index (χ0n) is 11.7. The highest BCUT2D eigenvalue weighted by atomic mass is 79.9. The fourth-order valence-electron chi connectivity index (χ4n) is 1.85. The number of thiocarbonyl (C=S) groups is 1. The highest BCUT2D eigenvalue weighted by molar-refractivity contribution is 9.10. The Hall–Kier alpha value is -1.46. The molecule has 0 bridgehead atoms. The van der Waals surface area contributed by atoms with Crippen LogP contribution >= 0.6 is 28.1 Å². The first-order chi connectivity index (χ1) is 9.90. The smallest absolute Gasteiger partial charge is 0.180 e. The van der Waals surface area contributed by atoms with Crippen LogP contribution in [0, 0.1) is 5.82 Å². The molecule has 0 fully saturated rings. The highest BCUT2D eigenvalue weighted by Crippen LogP contribution is 2.32. The van der Waals surface area contributed by atoms with E-state index in [0.717, 1.165) is 0 Å². The van der Waals surface area contributed by atoms with E-state index in [1.807, 2.05) is 24.3 Å². The van der Waals surface area contributed by atoms with Crippen molar-refractivity contribution in [2.24, 2.45) is 5.73 Å². The molecule has 0 saturated heterocycles. The molecule has 0 spiro atoms. The van der Waals surface area contributed by atoms with Gasteiger partial charge >= 0.3 is 0 Å². The lowest BCUT2D eigenvalue weighted by atomic mass is 10.0. The van der Waals surface area contributed by atoms with Gasteiger partial charge in [-0.05, 0) is 51.7 Å².